The molecular formula is C26H30N2O. The number of β-lactam (4-membered cyclic amide) rings is 1. The van der Waals surface area contributed by atoms with Crippen LogP contribution < -0.4 is 4.90 Å². The first-order chi connectivity index (χ1) is 14.3. The van der Waals surface area contributed by atoms with Gasteiger partial charge in [0.25, 0.3) is 0 Å². The van der Waals surface area contributed by atoms with Crippen molar-refractivity contribution >= 4 is 11.6 Å². The molecule has 0 aromatic heterocycles. The highest BCUT2D eigenvalue weighted by Crippen LogP contribution is 2.49. The Balaban J connectivity index is 1.23. The lowest BCUT2D eigenvalue weighted by Crippen LogP contribution is -2.67. The zero-order chi connectivity index (χ0) is 19.4. The van der Waals surface area contributed by atoms with Gasteiger partial charge in [0.15, 0.2) is 0 Å². The van der Waals surface area contributed by atoms with Crippen molar-refractivity contribution in [1.29, 1.82) is 0 Å². The first-order valence-corrected chi connectivity index (χ1v) is 11.5. The number of piperidine rings is 1. The highest BCUT2D eigenvalue weighted by Gasteiger charge is 2.53. The van der Waals surface area contributed by atoms with Crippen LogP contribution in [0.4, 0.5) is 5.69 Å². The summed E-state index contributed by atoms with van der Waals surface area (Å²) in [6.45, 7) is 2.21. The Morgan fingerprint density at radius 1 is 0.897 bits per heavy atom. The molecule has 2 fully saturated rings. The van der Waals surface area contributed by atoms with Crippen LogP contribution in [-0.2, 0) is 11.2 Å². The quantitative estimate of drug-likeness (QED) is 0.661. The maximum atomic E-state index is 12.5. The van der Waals surface area contributed by atoms with Gasteiger partial charge in [-0.25, -0.2) is 0 Å². The summed E-state index contributed by atoms with van der Waals surface area (Å²) in [4.78, 5) is 17.3. The molecule has 4 aliphatic rings. The molecule has 2 aliphatic carbocycles. The second kappa shape index (κ2) is 6.70. The van der Waals surface area contributed by atoms with Gasteiger partial charge in [-0.3, -0.25) is 9.69 Å². The highest BCUT2D eigenvalue weighted by atomic mass is 16.2. The van der Waals surface area contributed by atoms with Crippen LogP contribution >= 0.6 is 0 Å². The minimum Gasteiger partial charge on any atom is -0.306 e. The van der Waals surface area contributed by atoms with Crippen molar-refractivity contribution < 1.29 is 4.79 Å². The Labute approximate surface area is 173 Å². The number of hydrogen-bond donors (Lipinski definition) is 0. The van der Waals surface area contributed by atoms with E-state index in [0.717, 1.165) is 44.0 Å². The Kier molecular flexibility index (Phi) is 4.09. The van der Waals surface area contributed by atoms with E-state index in [1.165, 1.54) is 32.1 Å². The van der Waals surface area contributed by atoms with Crippen molar-refractivity contribution in [2.24, 2.45) is 0 Å². The van der Waals surface area contributed by atoms with Crippen LogP contribution in [0.5, 0.6) is 0 Å². The van der Waals surface area contributed by atoms with E-state index in [9.17, 15) is 4.79 Å². The molecule has 2 atom stereocenters. The summed E-state index contributed by atoms with van der Waals surface area (Å²) in [6.07, 6.45) is 9.59. The predicted octanol–water partition coefficient (Wildman–Crippen LogP) is 5.21. The van der Waals surface area contributed by atoms with Gasteiger partial charge in [0, 0.05) is 24.8 Å². The Hall–Kier alpha value is -2.13. The van der Waals surface area contributed by atoms with Gasteiger partial charge in [0.2, 0.25) is 5.91 Å². The molecule has 3 nitrogen and oxygen atoms in total. The van der Waals surface area contributed by atoms with E-state index < -0.39 is 0 Å². The van der Waals surface area contributed by atoms with Gasteiger partial charge in [0.1, 0.15) is 0 Å². The molecule has 29 heavy (non-hydrogen) atoms. The van der Waals surface area contributed by atoms with Crippen molar-refractivity contribution in [3.63, 3.8) is 0 Å². The summed E-state index contributed by atoms with van der Waals surface area (Å²) in [5.74, 6) is 1.10. The average Bonchev–Trinajstić information content (AvgIpc) is 2.76. The molecule has 0 N–H and O–H groups in total. The zero-order valence-electron chi connectivity index (χ0n) is 17.1. The first kappa shape index (κ1) is 17.7. The molecule has 3 heteroatoms. The number of amides is 1. The molecule has 0 radical (unpaired) electrons. The number of aryl methyl sites for hydroxylation is 1. The van der Waals surface area contributed by atoms with E-state index in [-0.39, 0.29) is 5.54 Å². The Bertz CT molecular complexity index is 929. The number of hydrogen-bond acceptors (Lipinski definition) is 2. The third-order valence-electron chi connectivity index (χ3n) is 8.17. The second-order valence-electron chi connectivity index (χ2n) is 9.60. The number of rotatable bonds is 2. The molecule has 1 spiro atoms. The average molecular weight is 387 g/mol. The maximum Gasteiger partial charge on any atom is 0.229 e. The fourth-order valence-corrected chi connectivity index (χ4v) is 6.77. The molecule has 1 amide bonds. The molecule has 0 saturated carbocycles. The van der Waals surface area contributed by atoms with Crippen LogP contribution in [0.2, 0.25) is 0 Å². The minimum atomic E-state index is 0.0578. The lowest BCUT2D eigenvalue weighted by Gasteiger charge is -2.56. The van der Waals surface area contributed by atoms with E-state index >= 15 is 0 Å². The van der Waals surface area contributed by atoms with Gasteiger partial charge in [-0.15, -0.1) is 0 Å². The molecule has 0 bridgehead atoms. The van der Waals surface area contributed by atoms with Crippen LogP contribution in [0.15, 0.2) is 48.5 Å². The fraction of sp³-hybridized carbons (Fsp3) is 0.500. The molecular weight excluding hydrogens is 356 g/mol. The normalized spacial score (nSPS) is 28.1. The SMILES string of the molecule is O=C1CC2(CCN(C3CCC4CCCc5cccc3c54)CC2)N1c1ccccc1. The van der Waals surface area contributed by atoms with Crippen molar-refractivity contribution in [2.45, 2.75) is 68.9 Å². The summed E-state index contributed by atoms with van der Waals surface area (Å²) < 4.78 is 0. The second-order valence-corrected chi connectivity index (χ2v) is 9.60. The van der Waals surface area contributed by atoms with E-state index in [1.54, 1.807) is 16.7 Å². The number of likely N-dealkylation sites (tertiary alicyclic amines) is 1. The predicted molar refractivity (Wildman–Crippen MR) is 116 cm³/mol. The number of para-hydroxylation sites is 1. The van der Waals surface area contributed by atoms with Crippen LogP contribution in [0.25, 0.3) is 0 Å². The van der Waals surface area contributed by atoms with Gasteiger partial charge >= 0.3 is 0 Å². The standard InChI is InChI=1S/C26H30N2O/c29-24-18-26(28(24)21-9-2-1-3-10-21)14-16-27(17-15-26)23-13-12-20-7-4-6-19-8-5-11-22(23)25(19)20/h1-3,5,8-11,20,23H,4,6-7,12-18H2. The highest BCUT2D eigenvalue weighted by molar-refractivity contribution is 6.02. The number of anilines is 1. The van der Waals surface area contributed by atoms with Gasteiger partial charge in [0.05, 0.1) is 12.0 Å². The number of carbonyl (C=O) groups is 1. The van der Waals surface area contributed by atoms with Crippen molar-refractivity contribution in [3.05, 3.63) is 65.2 Å². The Morgan fingerprint density at radius 2 is 1.72 bits per heavy atom. The topological polar surface area (TPSA) is 23.6 Å². The largest absolute Gasteiger partial charge is 0.306 e. The van der Waals surface area contributed by atoms with Gasteiger partial charge < -0.3 is 4.90 Å². The monoisotopic (exact) mass is 386 g/mol. The molecule has 2 aromatic carbocycles. The van der Waals surface area contributed by atoms with E-state index in [2.05, 4.69) is 40.1 Å². The lowest BCUT2D eigenvalue weighted by atomic mass is 9.70. The van der Waals surface area contributed by atoms with E-state index in [0.29, 0.717) is 11.9 Å². The van der Waals surface area contributed by atoms with Crippen molar-refractivity contribution in [1.82, 2.24) is 4.90 Å². The Morgan fingerprint density at radius 3 is 2.52 bits per heavy atom. The third kappa shape index (κ3) is 2.70. The molecule has 150 valence electrons. The van der Waals surface area contributed by atoms with Crippen LogP contribution in [0.3, 0.4) is 0 Å². The summed E-state index contributed by atoms with van der Waals surface area (Å²) in [5.41, 5.74) is 6.09. The van der Waals surface area contributed by atoms with Crippen LogP contribution in [-0.4, -0.2) is 29.4 Å². The fourth-order valence-electron chi connectivity index (χ4n) is 6.77. The molecule has 2 unspecified atom stereocenters. The van der Waals surface area contributed by atoms with Crippen molar-refractivity contribution in [3.8, 4) is 0 Å². The molecule has 6 rings (SSSR count). The smallest absolute Gasteiger partial charge is 0.229 e. The number of benzene rings is 2. The number of nitrogens with zero attached hydrogens (tertiary/aromatic N) is 2. The maximum absolute atomic E-state index is 12.5. The summed E-state index contributed by atoms with van der Waals surface area (Å²) >= 11 is 0. The van der Waals surface area contributed by atoms with Gasteiger partial charge in [-0.2, -0.15) is 0 Å². The van der Waals surface area contributed by atoms with Gasteiger partial charge in [-0.05, 0) is 79.7 Å². The summed E-state index contributed by atoms with van der Waals surface area (Å²) in [7, 11) is 0. The molecule has 2 aromatic rings. The lowest BCUT2D eigenvalue weighted by molar-refractivity contribution is -0.129. The third-order valence-corrected chi connectivity index (χ3v) is 8.17. The van der Waals surface area contributed by atoms with E-state index in [4.69, 9.17) is 0 Å². The van der Waals surface area contributed by atoms with Crippen LogP contribution in [0, 0.1) is 0 Å². The molecule has 2 aliphatic heterocycles. The zero-order valence-corrected chi connectivity index (χ0v) is 17.1. The number of carbonyl (C=O) groups excluding carboxylic acids is 1. The minimum absolute atomic E-state index is 0.0578. The summed E-state index contributed by atoms with van der Waals surface area (Å²) in [6, 6.07) is 17.9. The van der Waals surface area contributed by atoms with E-state index in [1.807, 2.05) is 18.2 Å². The van der Waals surface area contributed by atoms with Crippen LogP contribution in [0.1, 0.15) is 73.6 Å². The first-order valence-electron chi connectivity index (χ1n) is 11.5. The van der Waals surface area contributed by atoms with Crippen molar-refractivity contribution in [2.75, 3.05) is 18.0 Å². The van der Waals surface area contributed by atoms with Gasteiger partial charge in [-0.1, -0.05) is 36.4 Å². The molecule has 2 heterocycles. The summed E-state index contributed by atoms with van der Waals surface area (Å²) in [5, 5.41) is 0. The molecule has 2 saturated heterocycles.